The van der Waals surface area contributed by atoms with Gasteiger partial charge in [0.25, 0.3) is 0 Å². The van der Waals surface area contributed by atoms with Crippen LogP contribution in [0.3, 0.4) is 0 Å². The molecule has 1 atom stereocenters. The molecule has 0 aromatic carbocycles. The van der Waals surface area contributed by atoms with Gasteiger partial charge < -0.3 is 5.32 Å². The fraction of sp³-hybridized carbons (Fsp3) is 0.500. The van der Waals surface area contributed by atoms with E-state index in [1.54, 1.807) is 18.3 Å². The molecule has 15 heavy (non-hydrogen) atoms. The zero-order valence-electron chi connectivity index (χ0n) is 8.78. The maximum Gasteiger partial charge on any atom is 0.237 e. The maximum absolute atomic E-state index is 11.3. The van der Waals surface area contributed by atoms with E-state index in [2.05, 4.69) is 17.2 Å². The zero-order chi connectivity index (χ0) is 11.3. The third-order valence-electron chi connectivity index (χ3n) is 1.95. The van der Waals surface area contributed by atoms with E-state index >= 15 is 0 Å². The Morgan fingerprint density at radius 1 is 1.80 bits per heavy atom. The summed E-state index contributed by atoms with van der Waals surface area (Å²) in [4.78, 5) is 16.6. The third kappa shape index (κ3) is 3.33. The van der Waals surface area contributed by atoms with Gasteiger partial charge in [-0.1, -0.05) is 6.92 Å². The summed E-state index contributed by atoms with van der Waals surface area (Å²) >= 11 is 1.59. The minimum atomic E-state index is -0.601. The van der Waals surface area contributed by atoms with Crippen LogP contribution >= 0.6 is 11.3 Å². The number of aromatic nitrogens is 1. The van der Waals surface area contributed by atoms with Crippen LogP contribution in [-0.2, 0) is 17.8 Å². The fourth-order valence-corrected chi connectivity index (χ4v) is 1.77. The molecule has 1 unspecified atom stereocenters. The minimum absolute atomic E-state index is 0.245. The molecule has 5 heteroatoms. The summed E-state index contributed by atoms with van der Waals surface area (Å²) in [6, 6.07) is 1.89. The lowest BCUT2D eigenvalue weighted by atomic mass is 10.2. The molecule has 0 saturated carbocycles. The molecule has 4 nitrogen and oxygen atoms in total. The molecule has 0 fully saturated rings. The Kier molecular flexibility index (Phi) is 4.25. The van der Waals surface area contributed by atoms with Crippen molar-refractivity contribution in [1.82, 2.24) is 10.3 Å². The Morgan fingerprint density at radius 2 is 2.53 bits per heavy atom. The van der Waals surface area contributed by atoms with Crippen LogP contribution in [0.2, 0.25) is 0 Å². The maximum atomic E-state index is 11.3. The number of hydrogen-bond donors (Lipinski definition) is 1. The van der Waals surface area contributed by atoms with Crippen molar-refractivity contribution in [3.05, 3.63) is 16.1 Å². The van der Waals surface area contributed by atoms with Gasteiger partial charge in [0, 0.05) is 11.1 Å². The normalized spacial score (nSPS) is 11.8. The Balaban J connectivity index is 2.44. The van der Waals surface area contributed by atoms with Gasteiger partial charge in [-0.15, -0.1) is 11.3 Å². The van der Waals surface area contributed by atoms with E-state index in [9.17, 15) is 4.79 Å². The van der Waals surface area contributed by atoms with E-state index in [1.165, 1.54) is 4.88 Å². The van der Waals surface area contributed by atoms with Gasteiger partial charge in [0.2, 0.25) is 5.91 Å². The first kappa shape index (κ1) is 11.7. The molecule has 0 radical (unpaired) electrons. The van der Waals surface area contributed by atoms with E-state index in [0.717, 1.165) is 11.4 Å². The van der Waals surface area contributed by atoms with E-state index in [4.69, 9.17) is 5.26 Å². The summed E-state index contributed by atoms with van der Waals surface area (Å²) in [7, 11) is 0. The van der Waals surface area contributed by atoms with Gasteiger partial charge in [0.05, 0.1) is 12.6 Å². The molecule has 1 heterocycles. The van der Waals surface area contributed by atoms with Crippen LogP contribution in [-0.4, -0.2) is 10.9 Å². The number of nitrogens with zero attached hydrogens (tertiary/aromatic N) is 2. The Hall–Kier alpha value is -1.41. The summed E-state index contributed by atoms with van der Waals surface area (Å²) in [6.45, 7) is 4.05. The standard InChI is InChI=1S/C10H13N3OS/c1-3-8-5-12-9(15-8)6-13-10(14)7(2)4-11/h5,7H,3,6H2,1-2H3,(H,13,14). The summed E-state index contributed by atoms with van der Waals surface area (Å²) in [6.07, 6.45) is 2.78. The first-order valence-corrected chi connectivity index (χ1v) is 5.60. The summed E-state index contributed by atoms with van der Waals surface area (Å²) in [5.74, 6) is -0.846. The zero-order valence-corrected chi connectivity index (χ0v) is 9.60. The molecule has 1 rings (SSSR count). The summed E-state index contributed by atoms with van der Waals surface area (Å²) in [5, 5.41) is 12.1. The number of hydrogen-bond acceptors (Lipinski definition) is 4. The summed E-state index contributed by atoms with van der Waals surface area (Å²) in [5.41, 5.74) is 0. The third-order valence-corrected chi connectivity index (χ3v) is 3.09. The van der Waals surface area contributed by atoms with E-state index in [-0.39, 0.29) is 5.91 Å². The lowest BCUT2D eigenvalue weighted by molar-refractivity contribution is -0.123. The van der Waals surface area contributed by atoms with Crippen molar-refractivity contribution in [2.45, 2.75) is 26.8 Å². The Morgan fingerprint density at radius 3 is 3.07 bits per heavy atom. The second kappa shape index (κ2) is 5.47. The number of carbonyl (C=O) groups excluding carboxylic acids is 1. The number of thiazole rings is 1. The first-order chi connectivity index (χ1) is 7.17. The Bertz CT molecular complexity index is 380. The molecular weight excluding hydrogens is 210 g/mol. The molecule has 0 spiro atoms. The summed E-state index contributed by atoms with van der Waals surface area (Å²) < 4.78 is 0. The monoisotopic (exact) mass is 223 g/mol. The highest BCUT2D eigenvalue weighted by molar-refractivity contribution is 7.11. The number of amides is 1. The molecule has 0 bridgehead atoms. The molecule has 0 aliphatic rings. The van der Waals surface area contributed by atoms with Gasteiger partial charge in [-0.3, -0.25) is 4.79 Å². The van der Waals surface area contributed by atoms with Crippen molar-refractivity contribution in [3.63, 3.8) is 0 Å². The van der Waals surface area contributed by atoms with Crippen LogP contribution in [0.1, 0.15) is 23.7 Å². The van der Waals surface area contributed by atoms with Gasteiger partial charge in [0.1, 0.15) is 10.9 Å². The van der Waals surface area contributed by atoms with Crippen molar-refractivity contribution in [3.8, 4) is 6.07 Å². The largest absolute Gasteiger partial charge is 0.348 e. The van der Waals surface area contributed by atoms with E-state index in [0.29, 0.717) is 6.54 Å². The molecule has 1 aromatic rings. The van der Waals surface area contributed by atoms with Crippen molar-refractivity contribution >= 4 is 17.2 Å². The van der Waals surface area contributed by atoms with Crippen LogP contribution in [0.15, 0.2) is 6.20 Å². The quantitative estimate of drug-likeness (QED) is 0.840. The fourth-order valence-electron chi connectivity index (χ4n) is 0.968. The highest BCUT2D eigenvalue weighted by Gasteiger charge is 2.11. The number of nitrogens with one attached hydrogen (secondary N) is 1. The van der Waals surface area contributed by atoms with Gasteiger partial charge >= 0.3 is 0 Å². The van der Waals surface area contributed by atoms with Crippen LogP contribution < -0.4 is 5.32 Å². The van der Waals surface area contributed by atoms with Gasteiger partial charge in [-0.2, -0.15) is 5.26 Å². The second-order valence-electron chi connectivity index (χ2n) is 3.14. The van der Waals surface area contributed by atoms with Crippen LogP contribution in [0.25, 0.3) is 0 Å². The SMILES string of the molecule is CCc1cnc(CNC(=O)C(C)C#N)s1. The molecule has 0 aliphatic carbocycles. The molecule has 1 N–H and O–H groups in total. The van der Waals surface area contributed by atoms with E-state index in [1.807, 2.05) is 12.3 Å². The molecule has 1 amide bonds. The Labute approximate surface area is 92.9 Å². The van der Waals surface area contributed by atoms with Gasteiger partial charge in [0.15, 0.2) is 0 Å². The molecule has 0 aliphatic heterocycles. The predicted octanol–water partition coefficient (Wildman–Crippen LogP) is 1.48. The van der Waals surface area contributed by atoms with Crippen LogP contribution in [0, 0.1) is 17.2 Å². The predicted molar refractivity (Wildman–Crippen MR) is 58.1 cm³/mol. The number of rotatable bonds is 4. The minimum Gasteiger partial charge on any atom is -0.348 e. The van der Waals surface area contributed by atoms with Gasteiger partial charge in [-0.05, 0) is 13.3 Å². The molecular formula is C10H13N3OS. The lowest BCUT2D eigenvalue weighted by Crippen LogP contribution is -2.27. The van der Waals surface area contributed by atoms with Crippen LogP contribution in [0.5, 0.6) is 0 Å². The average molecular weight is 223 g/mol. The van der Waals surface area contributed by atoms with Crippen molar-refractivity contribution in [2.75, 3.05) is 0 Å². The topological polar surface area (TPSA) is 65.8 Å². The van der Waals surface area contributed by atoms with E-state index < -0.39 is 5.92 Å². The average Bonchev–Trinajstić information content (AvgIpc) is 2.72. The highest BCUT2D eigenvalue weighted by Crippen LogP contribution is 2.12. The van der Waals surface area contributed by atoms with Crippen molar-refractivity contribution in [1.29, 1.82) is 5.26 Å². The number of carbonyl (C=O) groups is 1. The molecule has 1 aromatic heterocycles. The molecule has 80 valence electrons. The van der Waals surface area contributed by atoms with Crippen molar-refractivity contribution < 1.29 is 4.79 Å². The number of aryl methyl sites for hydroxylation is 1. The highest BCUT2D eigenvalue weighted by atomic mass is 32.1. The van der Waals surface area contributed by atoms with Crippen LogP contribution in [0.4, 0.5) is 0 Å². The van der Waals surface area contributed by atoms with Crippen molar-refractivity contribution in [2.24, 2.45) is 5.92 Å². The second-order valence-corrected chi connectivity index (χ2v) is 4.34. The number of nitriles is 1. The molecule has 0 saturated heterocycles. The lowest BCUT2D eigenvalue weighted by Gasteiger charge is -2.03. The first-order valence-electron chi connectivity index (χ1n) is 4.78. The smallest absolute Gasteiger partial charge is 0.237 e. The van der Waals surface area contributed by atoms with Gasteiger partial charge in [-0.25, -0.2) is 4.98 Å².